The molecule has 1 aliphatic carbocycles. The van der Waals surface area contributed by atoms with E-state index >= 15 is 0 Å². The van der Waals surface area contributed by atoms with E-state index in [2.05, 4.69) is 10.1 Å². The zero-order valence-corrected chi connectivity index (χ0v) is 10.4. The van der Waals surface area contributed by atoms with Crippen LogP contribution in [0.3, 0.4) is 0 Å². The highest BCUT2D eigenvalue weighted by molar-refractivity contribution is 5.76. The van der Waals surface area contributed by atoms with Gasteiger partial charge in [0.1, 0.15) is 17.6 Å². The first kappa shape index (κ1) is 11.6. The third-order valence-electron chi connectivity index (χ3n) is 4.15. The van der Waals surface area contributed by atoms with Gasteiger partial charge in [0.15, 0.2) is 0 Å². The Balaban J connectivity index is 1.91. The summed E-state index contributed by atoms with van der Waals surface area (Å²) in [5.41, 5.74) is -0.817. The molecule has 0 radical (unpaired) electrons. The Morgan fingerprint density at radius 3 is 3.00 bits per heavy atom. The molecule has 2 unspecified atom stereocenters. The third kappa shape index (κ3) is 1.71. The van der Waals surface area contributed by atoms with Gasteiger partial charge in [-0.3, -0.25) is 9.48 Å². The zero-order valence-electron chi connectivity index (χ0n) is 10.4. The summed E-state index contributed by atoms with van der Waals surface area (Å²) < 4.78 is 7.35. The summed E-state index contributed by atoms with van der Waals surface area (Å²) in [4.78, 5) is 15.9. The Bertz CT molecular complexity index is 469. The van der Waals surface area contributed by atoms with Crippen molar-refractivity contribution in [1.82, 2.24) is 14.8 Å². The van der Waals surface area contributed by atoms with Crippen LogP contribution in [0.15, 0.2) is 6.33 Å². The second-order valence-electron chi connectivity index (χ2n) is 5.32. The number of aliphatic carboxylic acids is 1. The average Bonchev–Trinajstić information content (AvgIpc) is 2.97. The fraction of sp³-hybridized carbons (Fsp3) is 0.750. The molecule has 0 aromatic carbocycles. The molecule has 98 valence electrons. The third-order valence-corrected chi connectivity index (χ3v) is 4.15. The van der Waals surface area contributed by atoms with Gasteiger partial charge in [0, 0.05) is 20.1 Å². The summed E-state index contributed by atoms with van der Waals surface area (Å²) in [5, 5.41) is 13.7. The van der Waals surface area contributed by atoms with Crippen molar-refractivity contribution in [3.63, 3.8) is 0 Å². The topological polar surface area (TPSA) is 77.2 Å². The van der Waals surface area contributed by atoms with Crippen LogP contribution >= 0.6 is 0 Å². The molecular formula is C12H17N3O3. The molecule has 0 bridgehead atoms. The molecule has 1 N–H and O–H groups in total. The monoisotopic (exact) mass is 251 g/mol. The molecule has 18 heavy (non-hydrogen) atoms. The highest BCUT2D eigenvalue weighted by Crippen LogP contribution is 2.49. The molecule has 2 aliphatic rings. The lowest BCUT2D eigenvalue weighted by atomic mass is 9.76. The standard InChI is InChI=1S/C12H17N3O3/c1-15-9(13-7-14-15)6-12(11(16)17)4-5-18-10(12)8-2-3-8/h7-8,10H,2-6H2,1H3,(H,16,17). The first-order valence-corrected chi connectivity index (χ1v) is 6.31. The van der Waals surface area contributed by atoms with Gasteiger partial charge >= 0.3 is 5.97 Å². The Morgan fingerprint density at radius 1 is 1.67 bits per heavy atom. The Kier molecular flexibility index (Phi) is 2.62. The zero-order chi connectivity index (χ0) is 12.8. The molecular weight excluding hydrogens is 234 g/mol. The molecule has 1 aromatic rings. The number of aromatic nitrogens is 3. The summed E-state index contributed by atoms with van der Waals surface area (Å²) in [6.07, 6.45) is 4.44. The number of carboxylic acid groups (broad SMARTS) is 1. The minimum atomic E-state index is -0.817. The summed E-state index contributed by atoms with van der Waals surface area (Å²) in [6.45, 7) is 0.533. The maximum absolute atomic E-state index is 11.8. The highest BCUT2D eigenvalue weighted by atomic mass is 16.5. The van der Waals surface area contributed by atoms with Crippen molar-refractivity contribution in [1.29, 1.82) is 0 Å². The van der Waals surface area contributed by atoms with Gasteiger partial charge in [-0.1, -0.05) is 0 Å². The first-order chi connectivity index (χ1) is 8.63. The normalized spacial score (nSPS) is 31.7. The average molecular weight is 251 g/mol. The molecule has 1 saturated carbocycles. The van der Waals surface area contributed by atoms with Crippen LogP contribution in [0.25, 0.3) is 0 Å². The number of nitrogens with zero attached hydrogens (tertiary/aromatic N) is 3. The predicted octanol–water partition coefficient (Wildman–Crippen LogP) is 0.627. The fourth-order valence-electron chi connectivity index (χ4n) is 2.91. The number of rotatable bonds is 4. The second-order valence-corrected chi connectivity index (χ2v) is 5.32. The van der Waals surface area contributed by atoms with Crippen molar-refractivity contribution in [2.24, 2.45) is 18.4 Å². The van der Waals surface area contributed by atoms with Crippen LogP contribution < -0.4 is 0 Å². The van der Waals surface area contributed by atoms with Crippen molar-refractivity contribution >= 4 is 5.97 Å². The molecule has 6 heteroatoms. The summed E-state index contributed by atoms with van der Waals surface area (Å²) in [5.74, 6) is 0.366. The number of hydrogen-bond donors (Lipinski definition) is 1. The van der Waals surface area contributed by atoms with Crippen LogP contribution in [0.5, 0.6) is 0 Å². The number of carbonyl (C=O) groups is 1. The van der Waals surface area contributed by atoms with Gasteiger partial charge in [-0.25, -0.2) is 4.98 Å². The molecule has 6 nitrogen and oxygen atoms in total. The van der Waals surface area contributed by atoms with Crippen LogP contribution in [0.4, 0.5) is 0 Å². The molecule has 2 heterocycles. The van der Waals surface area contributed by atoms with Crippen LogP contribution in [0.1, 0.15) is 25.1 Å². The second kappa shape index (κ2) is 4.05. The minimum Gasteiger partial charge on any atom is -0.481 e. The van der Waals surface area contributed by atoms with E-state index in [1.54, 1.807) is 11.7 Å². The minimum absolute atomic E-state index is 0.160. The number of hydrogen-bond acceptors (Lipinski definition) is 4. The van der Waals surface area contributed by atoms with Crippen LogP contribution in [0.2, 0.25) is 0 Å². The highest BCUT2D eigenvalue weighted by Gasteiger charge is 2.56. The fourth-order valence-corrected chi connectivity index (χ4v) is 2.91. The van der Waals surface area contributed by atoms with Gasteiger partial charge in [-0.2, -0.15) is 5.10 Å². The van der Waals surface area contributed by atoms with Gasteiger partial charge in [0.2, 0.25) is 0 Å². The number of ether oxygens (including phenoxy) is 1. The van der Waals surface area contributed by atoms with Gasteiger partial charge in [-0.15, -0.1) is 0 Å². The van der Waals surface area contributed by atoms with E-state index in [-0.39, 0.29) is 6.10 Å². The van der Waals surface area contributed by atoms with Crippen LogP contribution in [-0.4, -0.2) is 38.6 Å². The lowest BCUT2D eigenvalue weighted by Crippen LogP contribution is -2.42. The SMILES string of the molecule is Cn1ncnc1CC1(C(=O)O)CCOC1C1CC1. The first-order valence-electron chi connectivity index (χ1n) is 6.31. The largest absolute Gasteiger partial charge is 0.481 e. The van der Waals surface area contributed by atoms with Crippen LogP contribution in [-0.2, 0) is 23.0 Å². The Morgan fingerprint density at radius 2 is 2.44 bits per heavy atom. The number of aryl methyl sites for hydroxylation is 1. The molecule has 3 rings (SSSR count). The molecule has 2 fully saturated rings. The predicted molar refractivity (Wildman–Crippen MR) is 61.9 cm³/mol. The number of carboxylic acids is 1. The molecule has 1 saturated heterocycles. The Labute approximate surface area is 105 Å². The van der Waals surface area contributed by atoms with Gasteiger partial charge < -0.3 is 9.84 Å². The van der Waals surface area contributed by atoms with E-state index in [1.807, 2.05) is 0 Å². The quantitative estimate of drug-likeness (QED) is 0.849. The van der Waals surface area contributed by atoms with E-state index in [0.29, 0.717) is 31.2 Å². The lowest BCUT2D eigenvalue weighted by Gasteiger charge is -2.29. The van der Waals surface area contributed by atoms with Crippen molar-refractivity contribution in [3.8, 4) is 0 Å². The maximum atomic E-state index is 11.8. The van der Waals surface area contributed by atoms with Crippen molar-refractivity contribution in [3.05, 3.63) is 12.2 Å². The molecule has 2 atom stereocenters. The van der Waals surface area contributed by atoms with E-state index < -0.39 is 11.4 Å². The summed E-state index contributed by atoms with van der Waals surface area (Å²) in [6, 6.07) is 0. The van der Waals surface area contributed by atoms with Crippen molar-refractivity contribution in [2.75, 3.05) is 6.61 Å². The molecule has 1 aromatic heterocycles. The van der Waals surface area contributed by atoms with E-state index in [1.165, 1.54) is 6.33 Å². The van der Waals surface area contributed by atoms with Gasteiger partial charge in [-0.05, 0) is 25.2 Å². The van der Waals surface area contributed by atoms with Gasteiger partial charge in [0.05, 0.1) is 6.10 Å². The van der Waals surface area contributed by atoms with Gasteiger partial charge in [0.25, 0.3) is 0 Å². The Hall–Kier alpha value is -1.43. The summed E-state index contributed by atoms with van der Waals surface area (Å²) in [7, 11) is 1.79. The molecule has 0 amide bonds. The van der Waals surface area contributed by atoms with E-state index in [9.17, 15) is 9.90 Å². The lowest BCUT2D eigenvalue weighted by molar-refractivity contribution is -0.153. The van der Waals surface area contributed by atoms with E-state index in [4.69, 9.17) is 4.74 Å². The molecule has 1 aliphatic heterocycles. The maximum Gasteiger partial charge on any atom is 0.312 e. The summed E-state index contributed by atoms with van der Waals surface area (Å²) >= 11 is 0. The van der Waals surface area contributed by atoms with Crippen molar-refractivity contribution in [2.45, 2.75) is 31.8 Å². The van der Waals surface area contributed by atoms with Crippen molar-refractivity contribution < 1.29 is 14.6 Å². The van der Waals surface area contributed by atoms with E-state index in [0.717, 1.165) is 12.8 Å². The molecule has 0 spiro atoms. The smallest absolute Gasteiger partial charge is 0.312 e. The van der Waals surface area contributed by atoms with Crippen LogP contribution in [0, 0.1) is 11.3 Å².